The Balaban J connectivity index is 1.28. The number of aromatic nitrogens is 3. The first-order valence-corrected chi connectivity index (χ1v) is 12.2. The summed E-state index contributed by atoms with van der Waals surface area (Å²) >= 11 is 0. The van der Waals surface area contributed by atoms with Crippen LogP contribution in [0.4, 0.5) is 0 Å². The molecule has 7 rings (SSSR count). The van der Waals surface area contributed by atoms with Crippen molar-refractivity contribution in [3.05, 3.63) is 127 Å². The molecule has 0 bridgehead atoms. The number of para-hydroxylation sites is 4. The summed E-state index contributed by atoms with van der Waals surface area (Å²) in [4.78, 5) is 14.7. The van der Waals surface area contributed by atoms with E-state index >= 15 is 0 Å². The van der Waals surface area contributed by atoms with Gasteiger partial charge in [0.2, 0.25) is 5.89 Å². The molecule has 0 atom stereocenters. The lowest BCUT2D eigenvalue weighted by molar-refractivity contribution is 0.620. The van der Waals surface area contributed by atoms with Crippen LogP contribution in [0, 0.1) is 0 Å². The maximum absolute atomic E-state index is 5.99. The first-order valence-electron chi connectivity index (χ1n) is 12.2. The summed E-state index contributed by atoms with van der Waals surface area (Å²) in [7, 11) is 0. The number of hydrogen-bond donors (Lipinski definition) is 0. The Morgan fingerprint density at radius 3 is 1.62 bits per heavy atom. The molecule has 0 aliphatic carbocycles. The van der Waals surface area contributed by atoms with Gasteiger partial charge >= 0.3 is 0 Å². The highest BCUT2D eigenvalue weighted by Gasteiger charge is 2.14. The van der Waals surface area contributed by atoms with Crippen molar-refractivity contribution in [3.8, 4) is 45.1 Å². The summed E-state index contributed by atoms with van der Waals surface area (Å²) in [6.07, 6.45) is 0. The molecule has 0 amide bonds. The van der Waals surface area contributed by atoms with Crippen LogP contribution in [0.1, 0.15) is 0 Å². The number of fused-ring (bicyclic) bond motifs is 2. The second-order valence-corrected chi connectivity index (χ2v) is 8.92. The van der Waals surface area contributed by atoms with E-state index in [2.05, 4.69) is 53.5 Å². The first kappa shape index (κ1) is 21.2. The van der Waals surface area contributed by atoms with Crippen molar-refractivity contribution in [1.82, 2.24) is 15.0 Å². The predicted molar refractivity (Wildman–Crippen MR) is 149 cm³/mol. The molecule has 5 aromatic carbocycles. The van der Waals surface area contributed by atoms with Crippen molar-refractivity contribution in [1.29, 1.82) is 0 Å². The third-order valence-corrected chi connectivity index (χ3v) is 6.51. The van der Waals surface area contributed by atoms with E-state index in [-0.39, 0.29) is 0 Å². The molecule has 0 unspecified atom stereocenters. The molecule has 0 radical (unpaired) electrons. The Morgan fingerprint density at radius 1 is 0.378 bits per heavy atom. The fourth-order valence-electron chi connectivity index (χ4n) is 4.65. The number of nitrogens with zero attached hydrogens (tertiary/aromatic N) is 3. The molecular weight excluding hydrogens is 454 g/mol. The Bertz CT molecular complexity index is 1840. The predicted octanol–water partition coefficient (Wildman–Crippen LogP) is 8.44. The van der Waals surface area contributed by atoms with Crippen LogP contribution in [-0.2, 0) is 0 Å². The molecule has 0 fully saturated rings. The van der Waals surface area contributed by atoms with Gasteiger partial charge in [-0.05, 0) is 47.5 Å². The molecule has 0 saturated carbocycles. The van der Waals surface area contributed by atoms with Crippen LogP contribution < -0.4 is 0 Å². The fraction of sp³-hybridized carbons (Fsp3) is 0. The molecule has 4 heteroatoms. The van der Waals surface area contributed by atoms with E-state index in [9.17, 15) is 0 Å². The minimum atomic E-state index is 0.624. The molecule has 37 heavy (non-hydrogen) atoms. The average Bonchev–Trinajstić information content (AvgIpc) is 3.42. The third-order valence-electron chi connectivity index (χ3n) is 6.51. The van der Waals surface area contributed by atoms with Crippen molar-refractivity contribution in [2.24, 2.45) is 0 Å². The van der Waals surface area contributed by atoms with Gasteiger partial charge in [-0.1, -0.05) is 91.0 Å². The number of hydrogen-bond acceptors (Lipinski definition) is 4. The van der Waals surface area contributed by atoms with Crippen molar-refractivity contribution >= 4 is 22.1 Å². The van der Waals surface area contributed by atoms with Crippen molar-refractivity contribution in [3.63, 3.8) is 0 Å². The minimum Gasteiger partial charge on any atom is -0.436 e. The van der Waals surface area contributed by atoms with Crippen LogP contribution in [0.3, 0.4) is 0 Å². The zero-order valence-corrected chi connectivity index (χ0v) is 19.9. The Morgan fingerprint density at radius 2 is 0.919 bits per heavy atom. The summed E-state index contributed by atoms with van der Waals surface area (Å²) in [5, 5.41) is 0. The number of oxazole rings is 1. The van der Waals surface area contributed by atoms with Crippen LogP contribution >= 0.6 is 0 Å². The lowest BCUT2D eigenvalue weighted by Gasteiger charge is -2.11. The summed E-state index contributed by atoms with van der Waals surface area (Å²) in [6.45, 7) is 0. The average molecular weight is 476 g/mol. The van der Waals surface area contributed by atoms with Gasteiger partial charge in [0.05, 0.1) is 22.4 Å². The molecule has 174 valence electrons. The van der Waals surface area contributed by atoms with Gasteiger partial charge in [-0.15, -0.1) is 0 Å². The molecule has 0 spiro atoms. The highest BCUT2D eigenvalue weighted by Crippen LogP contribution is 2.33. The third kappa shape index (κ3) is 3.95. The van der Waals surface area contributed by atoms with Crippen molar-refractivity contribution < 1.29 is 4.42 Å². The molecular formula is C33H21N3O. The van der Waals surface area contributed by atoms with Gasteiger partial charge < -0.3 is 4.42 Å². The molecule has 0 saturated heterocycles. The highest BCUT2D eigenvalue weighted by atomic mass is 16.3. The Kier molecular flexibility index (Phi) is 5.07. The van der Waals surface area contributed by atoms with Gasteiger partial charge in [0, 0.05) is 16.7 Å². The summed E-state index contributed by atoms with van der Waals surface area (Å²) < 4.78 is 5.99. The zero-order chi connectivity index (χ0) is 24.6. The molecule has 0 N–H and O–H groups in total. The Hall–Kier alpha value is -5.09. The van der Waals surface area contributed by atoms with Crippen LogP contribution in [-0.4, -0.2) is 15.0 Å². The lowest BCUT2D eigenvalue weighted by Crippen LogP contribution is -1.95. The normalized spacial score (nSPS) is 11.2. The van der Waals surface area contributed by atoms with Crippen LogP contribution in [0.2, 0.25) is 0 Å². The van der Waals surface area contributed by atoms with Gasteiger partial charge in [0.25, 0.3) is 0 Å². The van der Waals surface area contributed by atoms with E-state index in [1.807, 2.05) is 78.9 Å². The van der Waals surface area contributed by atoms with E-state index < -0.39 is 0 Å². The van der Waals surface area contributed by atoms with Crippen LogP contribution in [0.5, 0.6) is 0 Å². The maximum Gasteiger partial charge on any atom is 0.227 e. The molecule has 2 aromatic heterocycles. The molecule has 7 aromatic rings. The topological polar surface area (TPSA) is 51.8 Å². The monoisotopic (exact) mass is 475 g/mol. The highest BCUT2D eigenvalue weighted by molar-refractivity contribution is 5.87. The lowest BCUT2D eigenvalue weighted by atomic mass is 9.99. The first-order chi connectivity index (χ1) is 18.3. The fourth-order valence-corrected chi connectivity index (χ4v) is 4.65. The summed E-state index contributed by atoms with van der Waals surface area (Å²) in [5.74, 6) is 0.624. The van der Waals surface area contributed by atoms with Crippen molar-refractivity contribution in [2.75, 3.05) is 0 Å². The van der Waals surface area contributed by atoms with Gasteiger partial charge in [-0.3, -0.25) is 0 Å². The SMILES string of the molecule is c1ccc(-c2nc3ccccc3nc2-c2ccc(-c3cccc(-c4nc5ccccc5o4)c3)cc2)cc1. The largest absolute Gasteiger partial charge is 0.436 e. The number of benzene rings is 5. The smallest absolute Gasteiger partial charge is 0.227 e. The standard InChI is InChI=1S/C33H21N3O/c1-2-9-23(10-3-1)31-32(35-28-14-5-4-13-27(28)34-31)24-19-17-22(18-20-24)25-11-8-12-26(21-25)33-36-29-15-6-7-16-30(29)37-33/h1-21H. The second kappa shape index (κ2) is 8.85. The van der Waals surface area contributed by atoms with Gasteiger partial charge in [0.15, 0.2) is 5.58 Å². The van der Waals surface area contributed by atoms with E-state index in [4.69, 9.17) is 14.4 Å². The molecule has 2 heterocycles. The van der Waals surface area contributed by atoms with E-state index in [0.717, 1.165) is 61.3 Å². The van der Waals surface area contributed by atoms with E-state index in [0.29, 0.717) is 5.89 Å². The summed E-state index contributed by atoms with van der Waals surface area (Å²) in [5.41, 5.74) is 10.4. The minimum absolute atomic E-state index is 0.624. The molecule has 0 aliphatic rings. The summed E-state index contributed by atoms with van der Waals surface area (Å²) in [6, 6.07) is 42.8. The van der Waals surface area contributed by atoms with Gasteiger partial charge in [0.1, 0.15) is 5.52 Å². The van der Waals surface area contributed by atoms with Gasteiger partial charge in [-0.25, -0.2) is 15.0 Å². The van der Waals surface area contributed by atoms with E-state index in [1.165, 1.54) is 0 Å². The molecule has 4 nitrogen and oxygen atoms in total. The van der Waals surface area contributed by atoms with E-state index in [1.54, 1.807) is 0 Å². The second-order valence-electron chi connectivity index (χ2n) is 8.92. The Labute approximate surface area is 213 Å². The van der Waals surface area contributed by atoms with Crippen LogP contribution in [0.15, 0.2) is 132 Å². The number of rotatable bonds is 4. The maximum atomic E-state index is 5.99. The quantitative estimate of drug-likeness (QED) is 0.256. The van der Waals surface area contributed by atoms with Crippen molar-refractivity contribution in [2.45, 2.75) is 0 Å². The van der Waals surface area contributed by atoms with Crippen LogP contribution in [0.25, 0.3) is 67.2 Å². The molecule has 0 aliphatic heterocycles. The zero-order valence-electron chi connectivity index (χ0n) is 19.9. The van der Waals surface area contributed by atoms with Gasteiger partial charge in [-0.2, -0.15) is 0 Å².